The van der Waals surface area contributed by atoms with Gasteiger partial charge in [-0.15, -0.1) is 0 Å². The molecule has 0 fully saturated rings. The lowest BCUT2D eigenvalue weighted by Gasteiger charge is -2.29. The monoisotopic (exact) mass is 250 g/mol. The van der Waals surface area contributed by atoms with E-state index in [1.165, 1.54) is 0 Å². The van der Waals surface area contributed by atoms with Crippen LogP contribution in [0.25, 0.3) is 0 Å². The predicted molar refractivity (Wildman–Crippen MR) is 71.7 cm³/mol. The Morgan fingerprint density at radius 1 is 1.00 bits per heavy atom. The van der Waals surface area contributed by atoms with Gasteiger partial charge in [-0.25, -0.2) is 4.79 Å². The van der Waals surface area contributed by atoms with Gasteiger partial charge < -0.3 is 9.47 Å². The van der Waals surface area contributed by atoms with Crippen LogP contribution in [0.1, 0.15) is 40.2 Å². The molecule has 0 aliphatic heterocycles. The molecule has 0 N–H and O–H groups in total. The van der Waals surface area contributed by atoms with Crippen LogP contribution in [0.3, 0.4) is 0 Å². The lowest BCUT2D eigenvalue weighted by Crippen LogP contribution is -2.43. The highest BCUT2D eigenvalue weighted by atomic mass is 16.6. The summed E-state index contributed by atoms with van der Waals surface area (Å²) in [6.45, 7) is 10.9. The molecule has 0 bridgehead atoms. The SMILES string of the molecule is Cc1ccc(OC(C)(C)C(=O)OC(C)(C)C)cc1. The molecule has 3 heteroatoms. The van der Waals surface area contributed by atoms with Gasteiger partial charge in [0.05, 0.1) is 0 Å². The Bertz CT molecular complexity index is 410. The Hall–Kier alpha value is -1.51. The molecule has 1 rings (SSSR count). The topological polar surface area (TPSA) is 35.5 Å². The van der Waals surface area contributed by atoms with Gasteiger partial charge in [0.25, 0.3) is 0 Å². The largest absolute Gasteiger partial charge is 0.476 e. The van der Waals surface area contributed by atoms with Gasteiger partial charge in [0.2, 0.25) is 0 Å². The number of carbonyl (C=O) groups is 1. The predicted octanol–water partition coefficient (Wildman–Crippen LogP) is 3.49. The molecule has 1 aromatic carbocycles. The van der Waals surface area contributed by atoms with Crippen molar-refractivity contribution in [1.29, 1.82) is 0 Å². The smallest absolute Gasteiger partial charge is 0.350 e. The van der Waals surface area contributed by atoms with Crippen molar-refractivity contribution < 1.29 is 14.3 Å². The lowest BCUT2D eigenvalue weighted by molar-refractivity contribution is -0.170. The maximum atomic E-state index is 12.0. The molecule has 18 heavy (non-hydrogen) atoms. The van der Waals surface area contributed by atoms with Crippen molar-refractivity contribution in [2.75, 3.05) is 0 Å². The second-order valence-electron chi connectivity index (χ2n) is 5.93. The second-order valence-corrected chi connectivity index (χ2v) is 5.93. The highest BCUT2D eigenvalue weighted by Crippen LogP contribution is 2.22. The molecule has 0 aromatic heterocycles. The zero-order valence-corrected chi connectivity index (χ0v) is 12.0. The van der Waals surface area contributed by atoms with Crippen molar-refractivity contribution in [3.63, 3.8) is 0 Å². The molecule has 0 aliphatic rings. The standard InChI is InChI=1S/C15H22O3/c1-11-7-9-12(10-8-11)17-15(5,6)13(16)18-14(2,3)4/h7-10H,1-6H3. The van der Waals surface area contributed by atoms with Gasteiger partial charge in [-0.05, 0) is 53.7 Å². The van der Waals surface area contributed by atoms with E-state index in [1.807, 2.05) is 52.0 Å². The molecule has 0 saturated carbocycles. The summed E-state index contributed by atoms with van der Waals surface area (Å²) >= 11 is 0. The van der Waals surface area contributed by atoms with Gasteiger partial charge in [-0.1, -0.05) is 17.7 Å². The van der Waals surface area contributed by atoms with E-state index < -0.39 is 11.2 Å². The first-order valence-corrected chi connectivity index (χ1v) is 6.09. The highest BCUT2D eigenvalue weighted by molar-refractivity contribution is 5.79. The quantitative estimate of drug-likeness (QED) is 0.770. The van der Waals surface area contributed by atoms with E-state index >= 15 is 0 Å². The number of hydrogen-bond acceptors (Lipinski definition) is 3. The van der Waals surface area contributed by atoms with E-state index in [0.717, 1.165) is 5.56 Å². The molecular formula is C15H22O3. The molecule has 100 valence electrons. The fourth-order valence-corrected chi connectivity index (χ4v) is 1.34. The highest BCUT2D eigenvalue weighted by Gasteiger charge is 2.34. The molecule has 3 nitrogen and oxygen atoms in total. The molecule has 0 amide bonds. The van der Waals surface area contributed by atoms with Gasteiger partial charge in [-0.2, -0.15) is 0 Å². The molecule has 0 radical (unpaired) electrons. The molecule has 0 unspecified atom stereocenters. The number of ether oxygens (including phenoxy) is 2. The summed E-state index contributed by atoms with van der Waals surface area (Å²) < 4.78 is 11.0. The van der Waals surface area contributed by atoms with E-state index in [4.69, 9.17) is 9.47 Å². The van der Waals surface area contributed by atoms with Crippen LogP contribution in [0, 0.1) is 6.92 Å². The summed E-state index contributed by atoms with van der Waals surface area (Å²) in [5.74, 6) is 0.298. The Morgan fingerprint density at radius 3 is 1.94 bits per heavy atom. The summed E-state index contributed by atoms with van der Waals surface area (Å²) in [6, 6.07) is 7.59. The van der Waals surface area contributed by atoms with Gasteiger partial charge in [-0.3, -0.25) is 0 Å². The molecule has 1 aromatic rings. The van der Waals surface area contributed by atoms with Gasteiger partial charge in [0, 0.05) is 0 Å². The normalized spacial score (nSPS) is 12.1. The summed E-state index contributed by atoms with van der Waals surface area (Å²) in [7, 11) is 0. The molecular weight excluding hydrogens is 228 g/mol. The van der Waals surface area contributed by atoms with Crippen LogP contribution in [0.4, 0.5) is 0 Å². The van der Waals surface area contributed by atoms with Crippen molar-refractivity contribution >= 4 is 5.97 Å². The minimum atomic E-state index is -0.997. The van der Waals surface area contributed by atoms with Gasteiger partial charge in [0.15, 0.2) is 5.60 Å². The lowest BCUT2D eigenvalue weighted by atomic mass is 10.1. The minimum absolute atomic E-state index is 0.365. The van der Waals surface area contributed by atoms with E-state index in [0.29, 0.717) is 5.75 Å². The summed E-state index contributed by atoms with van der Waals surface area (Å²) in [5.41, 5.74) is -0.356. The Morgan fingerprint density at radius 2 is 1.50 bits per heavy atom. The van der Waals surface area contributed by atoms with Crippen LogP contribution in [0.15, 0.2) is 24.3 Å². The number of benzene rings is 1. The Kier molecular flexibility index (Phi) is 4.05. The van der Waals surface area contributed by atoms with E-state index in [1.54, 1.807) is 13.8 Å². The summed E-state index contributed by atoms with van der Waals surface area (Å²) in [5, 5.41) is 0. The summed E-state index contributed by atoms with van der Waals surface area (Å²) in [6.07, 6.45) is 0. The van der Waals surface area contributed by atoms with Crippen LogP contribution in [0.2, 0.25) is 0 Å². The first kappa shape index (κ1) is 14.6. The van der Waals surface area contributed by atoms with Crippen LogP contribution >= 0.6 is 0 Å². The maximum absolute atomic E-state index is 12.0. The van der Waals surface area contributed by atoms with E-state index in [2.05, 4.69) is 0 Å². The fraction of sp³-hybridized carbons (Fsp3) is 0.533. The fourth-order valence-electron chi connectivity index (χ4n) is 1.34. The first-order valence-electron chi connectivity index (χ1n) is 6.09. The number of esters is 1. The second kappa shape index (κ2) is 5.01. The van der Waals surface area contributed by atoms with E-state index in [9.17, 15) is 4.79 Å². The van der Waals surface area contributed by atoms with Crippen molar-refractivity contribution in [3.8, 4) is 5.75 Å². The molecule has 0 spiro atoms. The molecule has 0 aliphatic carbocycles. The van der Waals surface area contributed by atoms with Crippen LogP contribution < -0.4 is 4.74 Å². The zero-order chi connectivity index (χ0) is 14.0. The van der Waals surface area contributed by atoms with Gasteiger partial charge >= 0.3 is 5.97 Å². The Labute approximate surface area is 109 Å². The zero-order valence-electron chi connectivity index (χ0n) is 12.0. The maximum Gasteiger partial charge on any atom is 0.350 e. The van der Waals surface area contributed by atoms with Gasteiger partial charge in [0.1, 0.15) is 11.4 Å². The minimum Gasteiger partial charge on any atom is -0.476 e. The molecule has 0 saturated heterocycles. The number of hydrogen-bond donors (Lipinski definition) is 0. The average molecular weight is 250 g/mol. The third kappa shape index (κ3) is 4.40. The molecule has 0 atom stereocenters. The van der Waals surface area contributed by atoms with Crippen molar-refractivity contribution in [1.82, 2.24) is 0 Å². The third-order valence-electron chi connectivity index (χ3n) is 2.28. The van der Waals surface area contributed by atoms with E-state index in [-0.39, 0.29) is 5.97 Å². The number of aryl methyl sites for hydroxylation is 1. The number of rotatable bonds is 3. The van der Waals surface area contributed by atoms with Crippen LogP contribution in [-0.2, 0) is 9.53 Å². The third-order valence-corrected chi connectivity index (χ3v) is 2.28. The van der Waals surface area contributed by atoms with Crippen LogP contribution in [-0.4, -0.2) is 17.2 Å². The van der Waals surface area contributed by atoms with Crippen molar-refractivity contribution in [2.45, 2.75) is 52.7 Å². The number of carbonyl (C=O) groups excluding carboxylic acids is 1. The average Bonchev–Trinajstić information content (AvgIpc) is 2.18. The van der Waals surface area contributed by atoms with Crippen molar-refractivity contribution in [3.05, 3.63) is 29.8 Å². The molecule has 0 heterocycles. The first-order chi connectivity index (χ1) is 8.10. The Balaban J connectivity index is 2.75. The summed E-state index contributed by atoms with van der Waals surface area (Å²) in [4.78, 5) is 12.0. The van der Waals surface area contributed by atoms with Crippen molar-refractivity contribution in [2.24, 2.45) is 0 Å². The van der Waals surface area contributed by atoms with Crippen LogP contribution in [0.5, 0.6) is 5.75 Å².